The predicted molar refractivity (Wildman–Crippen MR) is 116 cm³/mol. The molecule has 26 heavy (non-hydrogen) atoms. The zero-order chi connectivity index (χ0) is 18.6. The van der Waals surface area contributed by atoms with Crippen LogP contribution in [0, 0.1) is 0 Å². The first-order chi connectivity index (χ1) is 12.8. The molecule has 0 radical (unpaired) electrons. The summed E-state index contributed by atoms with van der Waals surface area (Å²) in [5.41, 5.74) is 1.29. The van der Waals surface area contributed by atoms with E-state index in [-0.39, 0.29) is 0 Å². The molecular weight excluding hydrogens is 388 g/mol. The molecule has 0 spiro atoms. The third kappa shape index (κ3) is 6.50. The van der Waals surface area contributed by atoms with Gasteiger partial charge < -0.3 is 9.47 Å². The lowest BCUT2D eigenvalue weighted by molar-refractivity contribution is 0.304. The maximum atomic E-state index is 5.97. The first-order valence-corrected chi connectivity index (χ1v) is 11.3. The van der Waals surface area contributed by atoms with Gasteiger partial charge in [-0.1, -0.05) is 74.0 Å². The highest BCUT2D eigenvalue weighted by Gasteiger charge is 2.08. The smallest absolute Gasteiger partial charge is 0.123 e. The van der Waals surface area contributed by atoms with Crippen LogP contribution in [0.5, 0.6) is 11.5 Å². The Morgan fingerprint density at radius 1 is 0.808 bits per heavy atom. The average Bonchev–Trinajstić information content (AvgIpc) is 2.67. The van der Waals surface area contributed by atoms with E-state index in [0.717, 1.165) is 49.3 Å². The number of ether oxygens (including phenoxy) is 2. The maximum absolute atomic E-state index is 5.97. The minimum absolute atomic E-state index is 0.753. The fourth-order valence-electron chi connectivity index (χ4n) is 3.25. The number of hydrogen-bond donors (Lipinski definition) is 0. The van der Waals surface area contributed by atoms with E-state index in [4.69, 9.17) is 9.47 Å². The molecule has 0 aliphatic heterocycles. The van der Waals surface area contributed by atoms with E-state index in [1.54, 1.807) is 0 Å². The highest BCUT2D eigenvalue weighted by Crippen LogP contribution is 2.31. The molecule has 0 aromatic heterocycles. The Morgan fingerprint density at radius 2 is 1.58 bits per heavy atom. The SMILES string of the molecule is CCCCCCCCOc1ccc2c(CC)c(OCCCBr)ccc2c1. The number of benzene rings is 2. The van der Waals surface area contributed by atoms with Crippen LogP contribution in [-0.2, 0) is 6.42 Å². The van der Waals surface area contributed by atoms with Crippen LogP contribution in [0.4, 0.5) is 0 Å². The lowest BCUT2D eigenvalue weighted by Gasteiger charge is -2.14. The Balaban J connectivity index is 1.94. The first kappa shape index (κ1) is 21.1. The van der Waals surface area contributed by atoms with Gasteiger partial charge >= 0.3 is 0 Å². The van der Waals surface area contributed by atoms with Crippen molar-refractivity contribution < 1.29 is 9.47 Å². The van der Waals surface area contributed by atoms with Crippen molar-refractivity contribution in [2.24, 2.45) is 0 Å². The van der Waals surface area contributed by atoms with Gasteiger partial charge in [-0.15, -0.1) is 0 Å². The molecule has 0 atom stereocenters. The van der Waals surface area contributed by atoms with Crippen molar-refractivity contribution in [2.75, 3.05) is 18.5 Å². The van der Waals surface area contributed by atoms with E-state index in [2.05, 4.69) is 60.1 Å². The minimum atomic E-state index is 0.753. The van der Waals surface area contributed by atoms with E-state index in [9.17, 15) is 0 Å². The summed E-state index contributed by atoms with van der Waals surface area (Å²) in [5, 5.41) is 3.48. The number of rotatable bonds is 13. The molecule has 2 nitrogen and oxygen atoms in total. The van der Waals surface area contributed by atoms with E-state index >= 15 is 0 Å². The number of fused-ring (bicyclic) bond motifs is 1. The van der Waals surface area contributed by atoms with Crippen molar-refractivity contribution in [1.29, 1.82) is 0 Å². The van der Waals surface area contributed by atoms with Crippen molar-refractivity contribution in [2.45, 2.75) is 65.2 Å². The molecule has 3 heteroatoms. The molecule has 2 aromatic rings. The third-order valence-corrected chi connectivity index (χ3v) is 5.28. The summed E-state index contributed by atoms with van der Waals surface area (Å²) in [7, 11) is 0. The van der Waals surface area contributed by atoms with Crippen LogP contribution in [0.15, 0.2) is 30.3 Å². The van der Waals surface area contributed by atoms with E-state index in [1.807, 2.05) is 0 Å². The number of unbranched alkanes of at least 4 members (excludes halogenated alkanes) is 5. The van der Waals surface area contributed by atoms with Crippen LogP contribution in [0.25, 0.3) is 10.8 Å². The monoisotopic (exact) mass is 420 g/mol. The van der Waals surface area contributed by atoms with Crippen LogP contribution < -0.4 is 9.47 Å². The molecule has 0 N–H and O–H groups in total. The Labute approximate surface area is 167 Å². The van der Waals surface area contributed by atoms with Crippen LogP contribution in [0.3, 0.4) is 0 Å². The molecule has 0 unspecified atom stereocenters. The van der Waals surface area contributed by atoms with Gasteiger partial charge in [0.2, 0.25) is 0 Å². The molecule has 0 saturated heterocycles. The second-order valence-electron chi connectivity index (χ2n) is 6.79. The number of hydrogen-bond acceptors (Lipinski definition) is 2. The molecule has 2 rings (SSSR count). The summed E-state index contributed by atoms with van der Waals surface area (Å²) in [6.45, 7) is 6.01. The van der Waals surface area contributed by atoms with Crippen LogP contribution in [0.1, 0.15) is 64.4 Å². The molecule has 0 heterocycles. The molecule has 144 valence electrons. The predicted octanol–water partition coefficient (Wildman–Crippen LogP) is 7.31. The van der Waals surface area contributed by atoms with Gasteiger partial charge in [-0.3, -0.25) is 0 Å². The molecule has 0 saturated carbocycles. The second-order valence-corrected chi connectivity index (χ2v) is 7.58. The summed E-state index contributed by atoms with van der Waals surface area (Å²) in [4.78, 5) is 0. The zero-order valence-electron chi connectivity index (χ0n) is 16.4. The average molecular weight is 421 g/mol. The van der Waals surface area contributed by atoms with Gasteiger partial charge in [0.15, 0.2) is 0 Å². The highest BCUT2D eigenvalue weighted by atomic mass is 79.9. The lowest BCUT2D eigenvalue weighted by atomic mass is 10.0. The third-order valence-electron chi connectivity index (χ3n) is 4.72. The standard InChI is InChI=1S/C23H33BrO2/c1-3-5-6-7-8-9-16-25-20-12-13-22-19(18-20)11-14-23(21(22)4-2)26-17-10-15-24/h11-14,18H,3-10,15-17H2,1-2H3. The van der Waals surface area contributed by atoms with Gasteiger partial charge in [-0.25, -0.2) is 0 Å². The Morgan fingerprint density at radius 3 is 2.35 bits per heavy atom. The number of alkyl halides is 1. The van der Waals surface area contributed by atoms with Gasteiger partial charge in [-0.2, -0.15) is 0 Å². The number of halogens is 1. The van der Waals surface area contributed by atoms with Gasteiger partial charge in [0.05, 0.1) is 13.2 Å². The molecule has 0 aliphatic rings. The maximum Gasteiger partial charge on any atom is 0.123 e. The highest BCUT2D eigenvalue weighted by molar-refractivity contribution is 9.09. The summed E-state index contributed by atoms with van der Waals surface area (Å²) in [6, 6.07) is 10.7. The van der Waals surface area contributed by atoms with Crippen molar-refractivity contribution in [3.8, 4) is 11.5 Å². The number of aryl methyl sites for hydroxylation is 1. The van der Waals surface area contributed by atoms with Crippen molar-refractivity contribution in [3.63, 3.8) is 0 Å². The van der Waals surface area contributed by atoms with Crippen molar-refractivity contribution in [3.05, 3.63) is 35.9 Å². The first-order valence-electron chi connectivity index (χ1n) is 10.2. The molecule has 0 aliphatic carbocycles. The van der Waals surface area contributed by atoms with Gasteiger partial charge in [0, 0.05) is 10.9 Å². The van der Waals surface area contributed by atoms with Crippen LogP contribution >= 0.6 is 15.9 Å². The van der Waals surface area contributed by atoms with Crippen molar-refractivity contribution >= 4 is 26.7 Å². The van der Waals surface area contributed by atoms with Crippen LogP contribution in [0.2, 0.25) is 0 Å². The Bertz CT molecular complexity index is 654. The van der Waals surface area contributed by atoms with Gasteiger partial charge in [-0.05, 0) is 48.2 Å². The lowest BCUT2D eigenvalue weighted by Crippen LogP contribution is -2.01. The van der Waals surface area contributed by atoms with Crippen LogP contribution in [-0.4, -0.2) is 18.5 Å². The minimum Gasteiger partial charge on any atom is -0.494 e. The molecule has 2 aromatic carbocycles. The fraction of sp³-hybridized carbons (Fsp3) is 0.565. The normalized spacial score (nSPS) is 11.0. The summed E-state index contributed by atoms with van der Waals surface area (Å²) >= 11 is 3.45. The Kier molecular flexibility index (Phi) is 9.91. The van der Waals surface area contributed by atoms with E-state index in [0.29, 0.717) is 0 Å². The topological polar surface area (TPSA) is 18.5 Å². The summed E-state index contributed by atoms with van der Waals surface area (Å²) in [6.07, 6.45) is 9.74. The quantitative estimate of drug-likeness (QED) is 0.249. The second kappa shape index (κ2) is 12.2. The fourth-order valence-corrected chi connectivity index (χ4v) is 3.48. The largest absolute Gasteiger partial charge is 0.494 e. The van der Waals surface area contributed by atoms with E-state index in [1.165, 1.54) is 48.4 Å². The Hall–Kier alpha value is -1.22. The van der Waals surface area contributed by atoms with E-state index < -0.39 is 0 Å². The molecule has 0 bridgehead atoms. The zero-order valence-corrected chi connectivity index (χ0v) is 17.9. The van der Waals surface area contributed by atoms with Gasteiger partial charge in [0.25, 0.3) is 0 Å². The van der Waals surface area contributed by atoms with Gasteiger partial charge in [0.1, 0.15) is 11.5 Å². The summed E-state index contributed by atoms with van der Waals surface area (Å²) in [5.74, 6) is 1.99. The molecule has 0 fully saturated rings. The van der Waals surface area contributed by atoms with Crippen molar-refractivity contribution in [1.82, 2.24) is 0 Å². The summed E-state index contributed by atoms with van der Waals surface area (Å²) < 4.78 is 11.9. The molecule has 0 amide bonds. The molecular formula is C23H33BrO2.